The molecule has 0 aliphatic rings. The third-order valence-corrected chi connectivity index (χ3v) is 2.97. The average Bonchev–Trinajstić information content (AvgIpc) is 2.15. The number of hydrogen-bond acceptors (Lipinski definition) is 3. The molecule has 1 aromatic carbocycles. The number of halogens is 1. The number of rotatable bonds is 3. The van der Waals surface area contributed by atoms with Crippen LogP contribution in [0.2, 0.25) is 0 Å². The minimum Gasteiger partial charge on any atom is -0.293 e. The number of Topliss-reactive ketones (excluding diaryl/α,β-unsaturated/α-hetero) is 1. The summed E-state index contributed by atoms with van der Waals surface area (Å²) in [4.78, 5) is 10.9. The summed E-state index contributed by atoms with van der Waals surface area (Å²) in [5.74, 6) is -0.146. The van der Waals surface area contributed by atoms with E-state index in [-0.39, 0.29) is 16.0 Å². The van der Waals surface area contributed by atoms with Gasteiger partial charge in [-0.15, -0.1) is 0 Å². The second-order valence-corrected chi connectivity index (χ2v) is 4.54. The quantitative estimate of drug-likeness (QED) is 0.517. The number of ketones is 1. The van der Waals surface area contributed by atoms with Gasteiger partial charge in [0.25, 0.3) is 10.1 Å². The van der Waals surface area contributed by atoms with Crippen LogP contribution in [0.4, 0.5) is 0 Å². The SMILES string of the molecule is O=C(CBr)c1ccc(S(=O)(=O)O)cc1. The third kappa shape index (κ3) is 2.63. The fraction of sp³-hybridized carbons (Fsp3) is 0.125. The van der Waals surface area contributed by atoms with Gasteiger partial charge in [-0.2, -0.15) is 8.42 Å². The van der Waals surface area contributed by atoms with Gasteiger partial charge >= 0.3 is 0 Å². The molecule has 0 aromatic heterocycles. The lowest BCUT2D eigenvalue weighted by atomic mass is 10.2. The molecule has 0 heterocycles. The molecule has 0 atom stereocenters. The van der Waals surface area contributed by atoms with Crippen LogP contribution in [0.3, 0.4) is 0 Å². The van der Waals surface area contributed by atoms with E-state index in [9.17, 15) is 13.2 Å². The zero-order valence-electron chi connectivity index (χ0n) is 6.97. The molecule has 76 valence electrons. The molecule has 0 bridgehead atoms. The zero-order valence-corrected chi connectivity index (χ0v) is 9.38. The summed E-state index contributed by atoms with van der Waals surface area (Å²) in [7, 11) is -4.18. The fourth-order valence-electron chi connectivity index (χ4n) is 0.890. The molecule has 14 heavy (non-hydrogen) atoms. The van der Waals surface area contributed by atoms with Crippen molar-refractivity contribution in [1.82, 2.24) is 0 Å². The van der Waals surface area contributed by atoms with Gasteiger partial charge in [-0.3, -0.25) is 9.35 Å². The molecule has 0 aliphatic heterocycles. The molecule has 6 heteroatoms. The van der Waals surface area contributed by atoms with E-state index in [1.807, 2.05) is 0 Å². The van der Waals surface area contributed by atoms with Gasteiger partial charge in [0.1, 0.15) is 0 Å². The Morgan fingerprint density at radius 1 is 1.29 bits per heavy atom. The summed E-state index contributed by atoms with van der Waals surface area (Å²) in [6.45, 7) is 0. The molecule has 0 aliphatic carbocycles. The maximum absolute atomic E-state index is 11.1. The van der Waals surface area contributed by atoms with Crippen molar-refractivity contribution in [2.45, 2.75) is 4.90 Å². The summed E-state index contributed by atoms with van der Waals surface area (Å²) >= 11 is 2.99. The average molecular weight is 279 g/mol. The minimum atomic E-state index is -4.18. The molecule has 0 fully saturated rings. The van der Waals surface area contributed by atoms with Crippen LogP contribution >= 0.6 is 15.9 Å². The monoisotopic (exact) mass is 278 g/mol. The van der Waals surface area contributed by atoms with Crippen LogP contribution < -0.4 is 0 Å². The maximum atomic E-state index is 11.1. The van der Waals surface area contributed by atoms with Gasteiger partial charge in [-0.25, -0.2) is 0 Å². The van der Waals surface area contributed by atoms with Gasteiger partial charge in [0.2, 0.25) is 0 Å². The van der Waals surface area contributed by atoms with Gasteiger partial charge in [-0.05, 0) is 24.3 Å². The maximum Gasteiger partial charge on any atom is 0.294 e. The Morgan fingerprint density at radius 3 is 2.14 bits per heavy atom. The van der Waals surface area contributed by atoms with Crippen molar-refractivity contribution in [3.05, 3.63) is 29.8 Å². The Bertz CT molecular complexity index is 435. The van der Waals surface area contributed by atoms with Gasteiger partial charge in [0.05, 0.1) is 10.2 Å². The molecular formula is C8H7BrO4S. The van der Waals surface area contributed by atoms with Crippen molar-refractivity contribution in [2.75, 3.05) is 5.33 Å². The predicted molar refractivity (Wildman–Crippen MR) is 54.4 cm³/mol. The molecule has 0 unspecified atom stereocenters. The molecular weight excluding hydrogens is 272 g/mol. The first-order valence-electron chi connectivity index (χ1n) is 3.62. The van der Waals surface area contributed by atoms with E-state index in [1.54, 1.807) is 0 Å². The van der Waals surface area contributed by atoms with Crippen molar-refractivity contribution in [3.8, 4) is 0 Å². The van der Waals surface area contributed by atoms with E-state index in [1.165, 1.54) is 24.3 Å². The molecule has 0 spiro atoms. The number of hydrogen-bond donors (Lipinski definition) is 1. The first kappa shape index (κ1) is 11.4. The van der Waals surface area contributed by atoms with E-state index < -0.39 is 10.1 Å². The standard InChI is InChI=1S/C8H7BrO4S/c9-5-8(10)6-1-3-7(4-2-6)14(11,12)13/h1-4H,5H2,(H,11,12,13). The summed E-state index contributed by atoms with van der Waals surface area (Å²) in [6, 6.07) is 5.08. The van der Waals surface area contributed by atoms with Crippen molar-refractivity contribution in [1.29, 1.82) is 0 Å². The summed E-state index contributed by atoms with van der Waals surface area (Å²) in [5, 5.41) is 0.179. The summed E-state index contributed by atoms with van der Waals surface area (Å²) in [5.41, 5.74) is 0.397. The van der Waals surface area contributed by atoms with Crippen LogP contribution in [0.5, 0.6) is 0 Å². The lowest BCUT2D eigenvalue weighted by Crippen LogP contribution is -2.02. The lowest BCUT2D eigenvalue weighted by molar-refractivity contribution is 0.102. The molecule has 0 radical (unpaired) electrons. The number of carbonyl (C=O) groups excluding carboxylic acids is 1. The van der Waals surface area contributed by atoms with Crippen molar-refractivity contribution in [2.24, 2.45) is 0 Å². The highest BCUT2D eigenvalue weighted by Crippen LogP contribution is 2.10. The second kappa shape index (κ2) is 4.20. The van der Waals surface area contributed by atoms with Crippen molar-refractivity contribution in [3.63, 3.8) is 0 Å². The van der Waals surface area contributed by atoms with Crippen molar-refractivity contribution >= 4 is 31.8 Å². The molecule has 1 N–H and O–H groups in total. The van der Waals surface area contributed by atoms with Crippen LogP contribution in [0.15, 0.2) is 29.2 Å². The van der Waals surface area contributed by atoms with Gasteiger partial charge in [-0.1, -0.05) is 15.9 Å². The normalized spacial score (nSPS) is 11.3. The van der Waals surface area contributed by atoms with E-state index in [2.05, 4.69) is 15.9 Å². The van der Waals surface area contributed by atoms with Crippen LogP contribution in [0.25, 0.3) is 0 Å². The van der Waals surface area contributed by atoms with E-state index in [0.717, 1.165) is 0 Å². The van der Waals surface area contributed by atoms with Gasteiger partial charge in [0, 0.05) is 5.56 Å². The number of benzene rings is 1. The highest BCUT2D eigenvalue weighted by Gasteiger charge is 2.10. The summed E-state index contributed by atoms with van der Waals surface area (Å²) in [6.07, 6.45) is 0. The Labute approximate surface area is 89.8 Å². The van der Waals surface area contributed by atoms with Crippen molar-refractivity contribution < 1.29 is 17.8 Å². The fourth-order valence-corrected chi connectivity index (χ4v) is 1.69. The molecule has 0 saturated carbocycles. The molecule has 1 aromatic rings. The van der Waals surface area contributed by atoms with E-state index >= 15 is 0 Å². The minimum absolute atomic E-state index is 0.146. The Kier molecular flexibility index (Phi) is 3.41. The van der Waals surface area contributed by atoms with E-state index in [4.69, 9.17) is 4.55 Å². The molecule has 0 saturated heterocycles. The zero-order chi connectivity index (χ0) is 10.8. The number of carbonyl (C=O) groups is 1. The highest BCUT2D eigenvalue weighted by atomic mass is 79.9. The van der Waals surface area contributed by atoms with Crippen LogP contribution in [-0.2, 0) is 10.1 Å². The Hall–Kier alpha value is -0.720. The number of alkyl halides is 1. The third-order valence-electron chi connectivity index (χ3n) is 1.60. The largest absolute Gasteiger partial charge is 0.294 e. The van der Waals surface area contributed by atoms with Gasteiger partial charge < -0.3 is 0 Å². The second-order valence-electron chi connectivity index (χ2n) is 2.56. The topological polar surface area (TPSA) is 71.4 Å². The van der Waals surface area contributed by atoms with Crippen LogP contribution in [0, 0.1) is 0 Å². The van der Waals surface area contributed by atoms with E-state index in [0.29, 0.717) is 5.56 Å². The smallest absolute Gasteiger partial charge is 0.293 e. The van der Waals surface area contributed by atoms with Crippen LogP contribution in [0.1, 0.15) is 10.4 Å². The Balaban J connectivity index is 3.07. The predicted octanol–water partition coefficient (Wildman–Crippen LogP) is 1.51. The summed E-state index contributed by atoms with van der Waals surface area (Å²) < 4.78 is 29.9. The molecule has 1 rings (SSSR count). The molecule has 0 amide bonds. The highest BCUT2D eigenvalue weighted by molar-refractivity contribution is 9.09. The Morgan fingerprint density at radius 2 is 1.79 bits per heavy atom. The lowest BCUT2D eigenvalue weighted by Gasteiger charge is -1.98. The van der Waals surface area contributed by atoms with Gasteiger partial charge in [0.15, 0.2) is 5.78 Å². The molecule has 4 nitrogen and oxygen atoms in total. The first-order valence-corrected chi connectivity index (χ1v) is 6.18. The first-order chi connectivity index (χ1) is 6.45. The van der Waals surface area contributed by atoms with Crippen LogP contribution in [-0.4, -0.2) is 24.1 Å².